The molecule has 0 amide bonds. The molecule has 1 aromatic carbocycles. The molecule has 0 atom stereocenters. The van der Waals surface area contributed by atoms with E-state index >= 15 is 0 Å². The number of fused-ring (bicyclic) bond motifs is 1. The van der Waals surface area contributed by atoms with Gasteiger partial charge in [0, 0.05) is 30.6 Å². The Kier molecular flexibility index (Phi) is 3.57. The number of ether oxygens (including phenoxy) is 1. The first kappa shape index (κ1) is 12.3. The lowest BCUT2D eigenvalue weighted by Crippen LogP contribution is -2.38. The lowest BCUT2D eigenvalue weighted by molar-refractivity contribution is 0.0361. The molecule has 1 aliphatic heterocycles. The van der Waals surface area contributed by atoms with Crippen LogP contribution in [0.2, 0.25) is 0 Å². The van der Waals surface area contributed by atoms with Gasteiger partial charge in [-0.05, 0) is 18.2 Å². The number of hydrogen-bond donors (Lipinski definition) is 0. The van der Waals surface area contributed by atoms with E-state index in [1.807, 2.05) is 29.1 Å². The van der Waals surface area contributed by atoms with E-state index in [2.05, 4.69) is 10.00 Å². The zero-order valence-corrected chi connectivity index (χ0v) is 10.8. The van der Waals surface area contributed by atoms with Crippen molar-refractivity contribution in [2.75, 3.05) is 32.8 Å². The molecule has 5 nitrogen and oxygen atoms in total. The van der Waals surface area contributed by atoms with Crippen molar-refractivity contribution < 1.29 is 9.53 Å². The number of carbonyl (C=O) groups is 1. The second kappa shape index (κ2) is 5.50. The maximum atomic E-state index is 10.7. The molecule has 0 spiro atoms. The SMILES string of the molecule is O=Cc1ccc2c(cnn2CCN2CCOCC2)c1. The lowest BCUT2D eigenvalue weighted by atomic mass is 10.2. The summed E-state index contributed by atoms with van der Waals surface area (Å²) in [5, 5.41) is 5.42. The zero-order valence-electron chi connectivity index (χ0n) is 10.8. The quantitative estimate of drug-likeness (QED) is 0.774. The number of aldehydes is 1. The van der Waals surface area contributed by atoms with Crippen molar-refractivity contribution >= 4 is 17.2 Å². The first-order valence-electron chi connectivity index (χ1n) is 6.58. The van der Waals surface area contributed by atoms with Gasteiger partial charge in [0.05, 0.1) is 31.5 Å². The van der Waals surface area contributed by atoms with Crippen LogP contribution in [0, 0.1) is 0 Å². The first-order valence-corrected chi connectivity index (χ1v) is 6.58. The van der Waals surface area contributed by atoms with Gasteiger partial charge in [-0.3, -0.25) is 14.4 Å². The Hall–Kier alpha value is -1.72. The highest BCUT2D eigenvalue weighted by atomic mass is 16.5. The van der Waals surface area contributed by atoms with Gasteiger partial charge in [-0.25, -0.2) is 0 Å². The van der Waals surface area contributed by atoms with Gasteiger partial charge in [0.25, 0.3) is 0 Å². The minimum Gasteiger partial charge on any atom is -0.379 e. The molecule has 0 saturated carbocycles. The molecular formula is C14H17N3O2. The molecule has 1 aliphatic rings. The van der Waals surface area contributed by atoms with E-state index in [0.717, 1.165) is 56.6 Å². The fraction of sp³-hybridized carbons (Fsp3) is 0.429. The Morgan fingerprint density at radius 2 is 2.11 bits per heavy atom. The summed E-state index contributed by atoms with van der Waals surface area (Å²) in [6.45, 7) is 5.48. The molecule has 0 unspecified atom stereocenters. The van der Waals surface area contributed by atoms with Gasteiger partial charge in [-0.1, -0.05) is 0 Å². The predicted octanol–water partition coefficient (Wildman–Crippen LogP) is 1.18. The van der Waals surface area contributed by atoms with Crippen molar-refractivity contribution in [3.05, 3.63) is 30.0 Å². The van der Waals surface area contributed by atoms with Gasteiger partial charge in [-0.2, -0.15) is 5.10 Å². The molecule has 5 heteroatoms. The normalized spacial score (nSPS) is 16.8. The van der Waals surface area contributed by atoms with Crippen LogP contribution in [0.25, 0.3) is 10.9 Å². The molecule has 0 bridgehead atoms. The standard InChI is InChI=1S/C14H17N3O2/c18-11-12-1-2-14-13(9-12)10-15-17(14)4-3-16-5-7-19-8-6-16/h1-2,9-11H,3-8H2. The number of benzene rings is 1. The number of nitrogens with zero attached hydrogens (tertiary/aromatic N) is 3. The summed E-state index contributed by atoms with van der Waals surface area (Å²) in [5.41, 5.74) is 1.78. The smallest absolute Gasteiger partial charge is 0.150 e. The fourth-order valence-corrected chi connectivity index (χ4v) is 2.42. The maximum Gasteiger partial charge on any atom is 0.150 e. The zero-order chi connectivity index (χ0) is 13.1. The minimum absolute atomic E-state index is 0.695. The molecule has 1 saturated heterocycles. The van der Waals surface area contributed by atoms with Crippen LogP contribution in [0.1, 0.15) is 10.4 Å². The van der Waals surface area contributed by atoms with E-state index in [1.165, 1.54) is 0 Å². The summed E-state index contributed by atoms with van der Waals surface area (Å²) >= 11 is 0. The third kappa shape index (κ3) is 2.67. The molecule has 2 heterocycles. The first-order chi connectivity index (χ1) is 9.36. The Bertz CT molecular complexity index is 573. The van der Waals surface area contributed by atoms with Crippen molar-refractivity contribution in [2.24, 2.45) is 0 Å². The number of carbonyl (C=O) groups excluding carboxylic acids is 1. The molecule has 19 heavy (non-hydrogen) atoms. The summed E-state index contributed by atoms with van der Waals surface area (Å²) in [4.78, 5) is 13.1. The average Bonchev–Trinajstić information content (AvgIpc) is 2.88. The molecule has 3 rings (SSSR count). The van der Waals surface area contributed by atoms with Crippen LogP contribution in [0.15, 0.2) is 24.4 Å². The van der Waals surface area contributed by atoms with Crippen molar-refractivity contribution in [3.8, 4) is 0 Å². The van der Waals surface area contributed by atoms with Crippen molar-refractivity contribution in [1.82, 2.24) is 14.7 Å². The number of morpholine rings is 1. The van der Waals surface area contributed by atoms with E-state index in [-0.39, 0.29) is 0 Å². The average molecular weight is 259 g/mol. The van der Waals surface area contributed by atoms with Gasteiger partial charge in [0.15, 0.2) is 0 Å². The highest BCUT2D eigenvalue weighted by Gasteiger charge is 2.11. The minimum atomic E-state index is 0.695. The van der Waals surface area contributed by atoms with E-state index in [9.17, 15) is 4.79 Å². The van der Waals surface area contributed by atoms with Crippen molar-refractivity contribution in [2.45, 2.75) is 6.54 Å². The summed E-state index contributed by atoms with van der Waals surface area (Å²) < 4.78 is 7.33. The maximum absolute atomic E-state index is 10.7. The van der Waals surface area contributed by atoms with Gasteiger partial charge >= 0.3 is 0 Å². The van der Waals surface area contributed by atoms with Crippen LogP contribution in [-0.2, 0) is 11.3 Å². The van der Waals surface area contributed by atoms with Crippen LogP contribution in [0.5, 0.6) is 0 Å². The number of rotatable bonds is 4. The Labute approximate surface area is 111 Å². The lowest BCUT2D eigenvalue weighted by Gasteiger charge is -2.26. The number of hydrogen-bond acceptors (Lipinski definition) is 4. The molecule has 0 aliphatic carbocycles. The van der Waals surface area contributed by atoms with Crippen molar-refractivity contribution in [3.63, 3.8) is 0 Å². The molecule has 1 aromatic heterocycles. The number of aromatic nitrogens is 2. The summed E-state index contributed by atoms with van der Waals surface area (Å²) in [5.74, 6) is 0. The van der Waals surface area contributed by atoms with E-state index < -0.39 is 0 Å². The van der Waals surface area contributed by atoms with Crippen LogP contribution in [0.4, 0.5) is 0 Å². The summed E-state index contributed by atoms with van der Waals surface area (Å²) in [6, 6.07) is 5.67. The van der Waals surface area contributed by atoms with E-state index in [0.29, 0.717) is 5.56 Å². The fourth-order valence-electron chi connectivity index (χ4n) is 2.42. The Morgan fingerprint density at radius 1 is 1.26 bits per heavy atom. The third-order valence-corrected chi connectivity index (χ3v) is 3.53. The molecule has 0 N–H and O–H groups in total. The Morgan fingerprint density at radius 3 is 2.89 bits per heavy atom. The monoisotopic (exact) mass is 259 g/mol. The molecule has 1 fully saturated rings. The highest BCUT2D eigenvalue weighted by molar-refractivity contribution is 5.86. The Balaban J connectivity index is 1.72. The van der Waals surface area contributed by atoms with Gasteiger partial charge in [0.2, 0.25) is 0 Å². The van der Waals surface area contributed by atoms with Crippen LogP contribution >= 0.6 is 0 Å². The molecule has 0 radical (unpaired) electrons. The largest absolute Gasteiger partial charge is 0.379 e. The topological polar surface area (TPSA) is 47.4 Å². The van der Waals surface area contributed by atoms with Crippen LogP contribution in [0.3, 0.4) is 0 Å². The van der Waals surface area contributed by atoms with Crippen LogP contribution in [-0.4, -0.2) is 53.8 Å². The predicted molar refractivity (Wildman–Crippen MR) is 72.4 cm³/mol. The van der Waals surface area contributed by atoms with Crippen LogP contribution < -0.4 is 0 Å². The van der Waals surface area contributed by atoms with Crippen molar-refractivity contribution in [1.29, 1.82) is 0 Å². The summed E-state index contributed by atoms with van der Waals surface area (Å²) in [6.07, 6.45) is 2.69. The molecule has 100 valence electrons. The van der Waals surface area contributed by atoms with Gasteiger partial charge < -0.3 is 4.74 Å². The van der Waals surface area contributed by atoms with E-state index in [1.54, 1.807) is 0 Å². The highest BCUT2D eigenvalue weighted by Crippen LogP contribution is 2.15. The van der Waals surface area contributed by atoms with E-state index in [4.69, 9.17) is 4.74 Å². The van der Waals surface area contributed by atoms with Gasteiger partial charge in [0.1, 0.15) is 6.29 Å². The second-order valence-corrected chi connectivity index (χ2v) is 4.76. The van der Waals surface area contributed by atoms with Gasteiger partial charge in [-0.15, -0.1) is 0 Å². The molecular weight excluding hydrogens is 242 g/mol. The molecule has 2 aromatic rings. The summed E-state index contributed by atoms with van der Waals surface area (Å²) in [7, 11) is 0. The third-order valence-electron chi connectivity index (χ3n) is 3.53. The second-order valence-electron chi connectivity index (χ2n) is 4.76.